The van der Waals surface area contributed by atoms with Crippen molar-refractivity contribution in [1.82, 2.24) is 0 Å². The molecular formula is C14H26. The number of hydrogen-bond acceptors (Lipinski definition) is 0. The van der Waals surface area contributed by atoms with Crippen LogP contribution in [0.5, 0.6) is 0 Å². The molecule has 0 aromatic heterocycles. The Bertz CT molecular complexity index is 159. The van der Waals surface area contributed by atoms with Crippen molar-refractivity contribution in [3.05, 3.63) is 0 Å². The van der Waals surface area contributed by atoms with E-state index in [1.54, 1.807) is 0 Å². The van der Waals surface area contributed by atoms with Crippen LogP contribution in [-0.4, -0.2) is 0 Å². The molecule has 0 spiro atoms. The van der Waals surface area contributed by atoms with Crippen molar-refractivity contribution in [3.63, 3.8) is 0 Å². The molecule has 0 heterocycles. The first-order valence-corrected chi connectivity index (χ1v) is 6.79. The standard InChI is InChI=1S/C14H26/c1-14(10-5-6-11-14)12-9-13-7-3-2-4-8-13/h13H,2-12H2,1H3. The normalized spacial score (nSPS) is 28.1. The Morgan fingerprint density at radius 1 is 0.929 bits per heavy atom. The maximum absolute atomic E-state index is 2.53. The fraction of sp³-hybridized carbons (Fsp3) is 1.00. The van der Waals surface area contributed by atoms with Crippen LogP contribution in [0.3, 0.4) is 0 Å². The van der Waals surface area contributed by atoms with E-state index in [1.807, 2.05) is 0 Å². The molecular weight excluding hydrogens is 168 g/mol. The molecule has 0 aromatic carbocycles. The van der Waals surface area contributed by atoms with Gasteiger partial charge in [0.2, 0.25) is 0 Å². The second-order valence-corrected chi connectivity index (χ2v) is 6.06. The fourth-order valence-electron chi connectivity index (χ4n) is 3.51. The van der Waals surface area contributed by atoms with Crippen molar-refractivity contribution in [2.45, 2.75) is 77.6 Å². The van der Waals surface area contributed by atoms with E-state index >= 15 is 0 Å². The molecule has 0 radical (unpaired) electrons. The minimum atomic E-state index is 0.747. The Hall–Kier alpha value is 0. The quantitative estimate of drug-likeness (QED) is 0.597. The maximum Gasteiger partial charge on any atom is -0.0326 e. The molecule has 0 bridgehead atoms. The molecule has 0 saturated heterocycles. The second-order valence-electron chi connectivity index (χ2n) is 6.06. The van der Waals surface area contributed by atoms with Crippen molar-refractivity contribution in [3.8, 4) is 0 Å². The van der Waals surface area contributed by atoms with Gasteiger partial charge in [0.15, 0.2) is 0 Å². The van der Waals surface area contributed by atoms with Crippen molar-refractivity contribution in [2.75, 3.05) is 0 Å². The summed E-state index contributed by atoms with van der Waals surface area (Å²) in [6, 6.07) is 0. The molecule has 2 aliphatic rings. The van der Waals surface area contributed by atoms with Gasteiger partial charge in [0, 0.05) is 0 Å². The lowest BCUT2D eigenvalue weighted by molar-refractivity contribution is 0.243. The lowest BCUT2D eigenvalue weighted by atomic mass is 9.78. The third-order valence-corrected chi connectivity index (χ3v) is 4.69. The molecule has 0 nitrogen and oxygen atoms in total. The summed E-state index contributed by atoms with van der Waals surface area (Å²) in [5.41, 5.74) is 0.747. The average Bonchev–Trinajstić information content (AvgIpc) is 2.65. The summed E-state index contributed by atoms with van der Waals surface area (Å²) in [5.74, 6) is 1.10. The molecule has 0 unspecified atom stereocenters. The van der Waals surface area contributed by atoms with Crippen LogP contribution in [0, 0.1) is 11.3 Å². The smallest absolute Gasteiger partial charge is 0.0326 e. The van der Waals surface area contributed by atoms with E-state index in [4.69, 9.17) is 0 Å². The molecule has 82 valence electrons. The van der Waals surface area contributed by atoms with Gasteiger partial charge in [-0.15, -0.1) is 0 Å². The summed E-state index contributed by atoms with van der Waals surface area (Å²) in [4.78, 5) is 0. The molecule has 2 aliphatic carbocycles. The summed E-state index contributed by atoms with van der Waals surface area (Å²) < 4.78 is 0. The van der Waals surface area contributed by atoms with Crippen LogP contribution in [0.1, 0.15) is 77.6 Å². The van der Waals surface area contributed by atoms with E-state index in [1.165, 1.54) is 70.6 Å². The minimum absolute atomic E-state index is 0.747. The molecule has 0 aliphatic heterocycles. The van der Waals surface area contributed by atoms with E-state index in [0.29, 0.717) is 0 Å². The van der Waals surface area contributed by atoms with Gasteiger partial charge in [0.1, 0.15) is 0 Å². The summed E-state index contributed by atoms with van der Waals surface area (Å²) >= 11 is 0. The maximum atomic E-state index is 2.53. The van der Waals surface area contributed by atoms with Crippen LogP contribution in [0.15, 0.2) is 0 Å². The Morgan fingerprint density at radius 3 is 2.21 bits per heavy atom. The average molecular weight is 194 g/mol. The predicted molar refractivity (Wildman–Crippen MR) is 62.4 cm³/mol. The second kappa shape index (κ2) is 4.68. The minimum Gasteiger partial charge on any atom is -0.0596 e. The highest BCUT2D eigenvalue weighted by atomic mass is 14.3. The van der Waals surface area contributed by atoms with Crippen LogP contribution < -0.4 is 0 Å². The number of hydrogen-bond donors (Lipinski definition) is 0. The first-order chi connectivity index (χ1) is 6.79. The summed E-state index contributed by atoms with van der Waals surface area (Å²) in [7, 11) is 0. The molecule has 0 atom stereocenters. The highest BCUT2D eigenvalue weighted by Crippen LogP contribution is 2.43. The van der Waals surface area contributed by atoms with Gasteiger partial charge >= 0.3 is 0 Å². The zero-order valence-corrected chi connectivity index (χ0v) is 9.86. The van der Waals surface area contributed by atoms with Crippen LogP contribution in [0.25, 0.3) is 0 Å². The first kappa shape index (κ1) is 10.5. The van der Waals surface area contributed by atoms with E-state index < -0.39 is 0 Å². The van der Waals surface area contributed by atoms with Crippen LogP contribution in [0.2, 0.25) is 0 Å². The highest BCUT2D eigenvalue weighted by molar-refractivity contribution is 4.81. The van der Waals surface area contributed by atoms with Crippen molar-refractivity contribution < 1.29 is 0 Å². The van der Waals surface area contributed by atoms with E-state index in [0.717, 1.165) is 11.3 Å². The monoisotopic (exact) mass is 194 g/mol. The van der Waals surface area contributed by atoms with E-state index in [9.17, 15) is 0 Å². The van der Waals surface area contributed by atoms with Crippen LogP contribution in [-0.2, 0) is 0 Å². The summed E-state index contributed by atoms with van der Waals surface area (Å²) in [6.07, 6.45) is 16.7. The largest absolute Gasteiger partial charge is 0.0596 e. The van der Waals surface area contributed by atoms with Gasteiger partial charge in [-0.2, -0.15) is 0 Å². The zero-order chi connectivity index (χ0) is 9.86. The Balaban J connectivity index is 1.70. The molecule has 14 heavy (non-hydrogen) atoms. The van der Waals surface area contributed by atoms with Gasteiger partial charge in [0.05, 0.1) is 0 Å². The first-order valence-electron chi connectivity index (χ1n) is 6.79. The molecule has 0 heteroatoms. The van der Waals surface area contributed by atoms with Crippen molar-refractivity contribution in [1.29, 1.82) is 0 Å². The predicted octanol–water partition coefficient (Wildman–Crippen LogP) is 4.93. The van der Waals surface area contributed by atoms with E-state index in [2.05, 4.69) is 6.92 Å². The Morgan fingerprint density at radius 2 is 1.57 bits per heavy atom. The third kappa shape index (κ3) is 2.74. The van der Waals surface area contributed by atoms with Crippen molar-refractivity contribution >= 4 is 0 Å². The van der Waals surface area contributed by atoms with Gasteiger partial charge in [-0.3, -0.25) is 0 Å². The molecule has 0 aromatic rings. The van der Waals surface area contributed by atoms with Crippen LogP contribution in [0.4, 0.5) is 0 Å². The third-order valence-electron chi connectivity index (χ3n) is 4.69. The van der Waals surface area contributed by atoms with E-state index in [-0.39, 0.29) is 0 Å². The highest BCUT2D eigenvalue weighted by Gasteiger charge is 2.29. The van der Waals surface area contributed by atoms with Crippen molar-refractivity contribution in [2.24, 2.45) is 11.3 Å². The molecule has 2 rings (SSSR count). The molecule has 0 amide bonds. The summed E-state index contributed by atoms with van der Waals surface area (Å²) in [6.45, 7) is 2.53. The molecule has 2 fully saturated rings. The Labute approximate surface area is 89.5 Å². The van der Waals surface area contributed by atoms with Gasteiger partial charge in [-0.05, 0) is 37.0 Å². The topological polar surface area (TPSA) is 0 Å². The SMILES string of the molecule is CC1(CCC2CCCCC2)CCCC1. The lowest BCUT2D eigenvalue weighted by Gasteiger charge is -2.28. The molecule has 2 saturated carbocycles. The fourth-order valence-corrected chi connectivity index (χ4v) is 3.51. The van der Waals surface area contributed by atoms with Gasteiger partial charge in [-0.1, -0.05) is 51.9 Å². The lowest BCUT2D eigenvalue weighted by Crippen LogP contribution is -2.14. The Kier molecular flexibility index (Phi) is 3.52. The van der Waals surface area contributed by atoms with Gasteiger partial charge in [0.25, 0.3) is 0 Å². The van der Waals surface area contributed by atoms with Crippen LogP contribution >= 0.6 is 0 Å². The number of rotatable bonds is 3. The molecule has 0 N–H and O–H groups in total. The van der Waals surface area contributed by atoms with Gasteiger partial charge < -0.3 is 0 Å². The van der Waals surface area contributed by atoms with Gasteiger partial charge in [-0.25, -0.2) is 0 Å². The zero-order valence-electron chi connectivity index (χ0n) is 9.86. The summed E-state index contributed by atoms with van der Waals surface area (Å²) in [5, 5.41) is 0.